The van der Waals surface area contributed by atoms with Crippen molar-refractivity contribution >= 4 is 0 Å². The average Bonchev–Trinajstić information content (AvgIpc) is 2.52. The van der Waals surface area contributed by atoms with Gasteiger partial charge in [-0.05, 0) is 18.4 Å². The summed E-state index contributed by atoms with van der Waals surface area (Å²) in [4.78, 5) is 0. The molecule has 126 valence electrons. The van der Waals surface area contributed by atoms with Crippen LogP contribution in [-0.2, 0) is 11.3 Å². The summed E-state index contributed by atoms with van der Waals surface area (Å²) in [6.07, 6.45) is 1.10. The number of methoxy groups -OCH3 is 3. The van der Waals surface area contributed by atoms with E-state index in [1.54, 1.807) is 21.3 Å². The Labute approximate surface area is 133 Å². The van der Waals surface area contributed by atoms with Crippen molar-refractivity contribution in [2.45, 2.75) is 26.8 Å². The highest BCUT2D eigenvalue weighted by molar-refractivity contribution is 5.50. The van der Waals surface area contributed by atoms with Gasteiger partial charge in [0.1, 0.15) is 5.75 Å². The van der Waals surface area contributed by atoms with E-state index < -0.39 is 0 Å². The van der Waals surface area contributed by atoms with Crippen molar-refractivity contribution in [3.8, 4) is 17.2 Å². The van der Waals surface area contributed by atoms with E-state index in [0.717, 1.165) is 30.9 Å². The number of benzene rings is 1. The first-order valence-corrected chi connectivity index (χ1v) is 7.69. The second-order valence-electron chi connectivity index (χ2n) is 5.49. The molecule has 0 aliphatic rings. The first-order chi connectivity index (χ1) is 10.6. The van der Waals surface area contributed by atoms with Gasteiger partial charge < -0.3 is 24.3 Å². The van der Waals surface area contributed by atoms with Crippen molar-refractivity contribution < 1.29 is 18.9 Å². The highest BCUT2D eigenvalue weighted by Crippen LogP contribution is 2.34. The minimum absolute atomic E-state index is 0.667. The highest BCUT2D eigenvalue weighted by Gasteiger charge is 2.11. The molecule has 22 heavy (non-hydrogen) atoms. The van der Waals surface area contributed by atoms with Crippen LogP contribution in [0.1, 0.15) is 25.8 Å². The first kappa shape index (κ1) is 18.6. The Morgan fingerprint density at radius 1 is 0.909 bits per heavy atom. The number of nitrogens with one attached hydrogen (secondary N) is 1. The molecule has 0 radical (unpaired) electrons. The Hall–Kier alpha value is -1.46. The lowest BCUT2D eigenvalue weighted by Crippen LogP contribution is -2.20. The summed E-state index contributed by atoms with van der Waals surface area (Å²) in [6.45, 7) is 7.42. The van der Waals surface area contributed by atoms with Crippen LogP contribution in [0.15, 0.2) is 12.1 Å². The van der Waals surface area contributed by atoms with E-state index in [9.17, 15) is 0 Å². The van der Waals surface area contributed by atoms with Crippen LogP contribution in [0.25, 0.3) is 0 Å². The molecule has 0 amide bonds. The maximum Gasteiger partial charge on any atom is 0.164 e. The zero-order chi connectivity index (χ0) is 16.4. The largest absolute Gasteiger partial charge is 0.496 e. The molecule has 1 rings (SSSR count). The van der Waals surface area contributed by atoms with Gasteiger partial charge in [-0.3, -0.25) is 0 Å². The zero-order valence-electron chi connectivity index (χ0n) is 14.4. The summed E-state index contributed by atoms with van der Waals surface area (Å²) in [5.74, 6) is 2.84. The third-order valence-electron chi connectivity index (χ3n) is 3.36. The van der Waals surface area contributed by atoms with Crippen LogP contribution in [0.5, 0.6) is 17.2 Å². The molecule has 0 saturated heterocycles. The minimum Gasteiger partial charge on any atom is -0.496 e. The van der Waals surface area contributed by atoms with Gasteiger partial charge in [0.25, 0.3) is 0 Å². The average molecular weight is 311 g/mol. The van der Waals surface area contributed by atoms with E-state index in [2.05, 4.69) is 19.2 Å². The lowest BCUT2D eigenvalue weighted by molar-refractivity contribution is 0.125. The minimum atomic E-state index is 0.667. The molecule has 0 bridgehead atoms. The molecular weight excluding hydrogens is 282 g/mol. The molecule has 0 saturated carbocycles. The van der Waals surface area contributed by atoms with Gasteiger partial charge in [0.05, 0.1) is 27.9 Å². The van der Waals surface area contributed by atoms with Crippen LogP contribution in [0.4, 0.5) is 0 Å². The van der Waals surface area contributed by atoms with E-state index in [4.69, 9.17) is 18.9 Å². The topological polar surface area (TPSA) is 49.0 Å². The van der Waals surface area contributed by atoms with Crippen molar-refractivity contribution in [1.29, 1.82) is 0 Å². The fourth-order valence-corrected chi connectivity index (χ4v) is 2.02. The summed E-state index contributed by atoms with van der Waals surface area (Å²) in [5, 5.41) is 3.35. The van der Waals surface area contributed by atoms with Crippen molar-refractivity contribution in [3.63, 3.8) is 0 Å². The van der Waals surface area contributed by atoms with Gasteiger partial charge in [-0.1, -0.05) is 13.8 Å². The van der Waals surface area contributed by atoms with Crippen LogP contribution in [0, 0.1) is 5.92 Å². The molecule has 0 aromatic heterocycles. The van der Waals surface area contributed by atoms with Crippen molar-refractivity contribution in [2.75, 3.05) is 41.1 Å². The van der Waals surface area contributed by atoms with Gasteiger partial charge in [-0.15, -0.1) is 0 Å². The molecule has 0 unspecified atom stereocenters. The molecule has 0 atom stereocenters. The lowest BCUT2D eigenvalue weighted by Gasteiger charge is -2.14. The smallest absolute Gasteiger partial charge is 0.164 e. The van der Waals surface area contributed by atoms with E-state index >= 15 is 0 Å². The number of rotatable bonds is 11. The Kier molecular flexibility index (Phi) is 8.70. The Morgan fingerprint density at radius 2 is 1.55 bits per heavy atom. The van der Waals surface area contributed by atoms with Crippen LogP contribution in [-0.4, -0.2) is 41.1 Å². The summed E-state index contributed by atoms with van der Waals surface area (Å²) in [6, 6.07) is 3.78. The van der Waals surface area contributed by atoms with Gasteiger partial charge in [0, 0.05) is 31.3 Å². The normalized spacial score (nSPS) is 10.8. The molecule has 1 N–H and O–H groups in total. The molecule has 5 nitrogen and oxygen atoms in total. The van der Waals surface area contributed by atoms with E-state index in [1.165, 1.54) is 0 Å². The monoisotopic (exact) mass is 311 g/mol. The number of ether oxygens (including phenoxy) is 4. The molecule has 0 aliphatic heterocycles. The molecule has 5 heteroatoms. The predicted molar refractivity (Wildman–Crippen MR) is 88.1 cm³/mol. The fourth-order valence-electron chi connectivity index (χ4n) is 2.02. The lowest BCUT2D eigenvalue weighted by atomic mass is 10.1. The maximum absolute atomic E-state index is 5.58. The molecule has 0 aliphatic carbocycles. The van der Waals surface area contributed by atoms with Gasteiger partial charge in [0.15, 0.2) is 11.5 Å². The Balaban J connectivity index is 2.44. The molecule has 1 aromatic carbocycles. The van der Waals surface area contributed by atoms with Crippen LogP contribution < -0.4 is 19.5 Å². The number of hydrogen-bond acceptors (Lipinski definition) is 5. The Morgan fingerprint density at radius 3 is 2.14 bits per heavy atom. The third-order valence-corrected chi connectivity index (χ3v) is 3.36. The van der Waals surface area contributed by atoms with Crippen molar-refractivity contribution in [1.82, 2.24) is 5.32 Å². The molecule has 1 aromatic rings. The third kappa shape index (κ3) is 6.12. The van der Waals surface area contributed by atoms with E-state index in [1.807, 2.05) is 12.1 Å². The summed E-state index contributed by atoms with van der Waals surface area (Å²) in [7, 11) is 4.90. The molecule has 0 fully saturated rings. The van der Waals surface area contributed by atoms with Gasteiger partial charge >= 0.3 is 0 Å². The number of hydrogen-bond donors (Lipinski definition) is 1. The zero-order valence-corrected chi connectivity index (χ0v) is 14.4. The quantitative estimate of drug-likeness (QED) is 0.637. The molecule has 0 heterocycles. The van der Waals surface area contributed by atoms with Crippen molar-refractivity contribution in [2.24, 2.45) is 5.92 Å². The highest BCUT2D eigenvalue weighted by atomic mass is 16.5. The predicted octanol–water partition coefficient (Wildman–Crippen LogP) is 2.86. The second kappa shape index (κ2) is 10.3. The maximum atomic E-state index is 5.58. The van der Waals surface area contributed by atoms with Crippen molar-refractivity contribution in [3.05, 3.63) is 17.7 Å². The van der Waals surface area contributed by atoms with E-state index in [0.29, 0.717) is 30.6 Å². The molecular formula is C17H29NO4. The SMILES string of the molecule is COc1cc(OC)c(OC)cc1CNCCOCCC(C)C. The summed E-state index contributed by atoms with van der Waals surface area (Å²) >= 11 is 0. The van der Waals surface area contributed by atoms with Gasteiger partial charge in [0.2, 0.25) is 0 Å². The van der Waals surface area contributed by atoms with Crippen LogP contribution in [0.3, 0.4) is 0 Å². The van der Waals surface area contributed by atoms with Gasteiger partial charge in [-0.2, -0.15) is 0 Å². The van der Waals surface area contributed by atoms with Gasteiger partial charge in [-0.25, -0.2) is 0 Å². The second-order valence-corrected chi connectivity index (χ2v) is 5.49. The Bertz CT molecular complexity index is 435. The van der Waals surface area contributed by atoms with Crippen LogP contribution >= 0.6 is 0 Å². The van der Waals surface area contributed by atoms with E-state index in [-0.39, 0.29) is 0 Å². The van der Waals surface area contributed by atoms with Crippen LogP contribution in [0.2, 0.25) is 0 Å². The summed E-state index contributed by atoms with van der Waals surface area (Å²) in [5.41, 5.74) is 1.03. The summed E-state index contributed by atoms with van der Waals surface area (Å²) < 4.78 is 21.6. The standard InChI is InChI=1S/C17H29NO4/c1-13(2)6-8-22-9-7-18-12-14-10-16(20-4)17(21-5)11-15(14)19-3/h10-11,13,18H,6-9,12H2,1-5H3. The first-order valence-electron chi connectivity index (χ1n) is 7.69. The molecule has 0 spiro atoms. The fraction of sp³-hybridized carbons (Fsp3) is 0.647.